The molecular weight excluding hydrogens is 488 g/mol. The molecule has 1 heterocycles. The Balaban J connectivity index is 1.56. The molecule has 1 saturated heterocycles. The minimum Gasteiger partial charge on any atom is -0.493 e. The van der Waals surface area contributed by atoms with Gasteiger partial charge in [0, 0.05) is 31.2 Å². The molecule has 39 heavy (non-hydrogen) atoms. The Hall–Kier alpha value is -3.77. The molecule has 6 heteroatoms. The SMILES string of the molecule is COc1cc(C(=O)N(CCC2CCCN2Cc2ccccc2)C/C(C)=C/c2ccccc2)cc(OC)c1OC. The van der Waals surface area contributed by atoms with Crippen LogP contribution in [-0.2, 0) is 6.54 Å². The third-order valence-corrected chi connectivity index (χ3v) is 7.31. The molecule has 0 N–H and O–H groups in total. The number of likely N-dealkylation sites (tertiary alicyclic amines) is 1. The average molecular weight is 529 g/mol. The predicted molar refractivity (Wildman–Crippen MR) is 157 cm³/mol. The van der Waals surface area contributed by atoms with Crippen molar-refractivity contribution in [3.63, 3.8) is 0 Å². The summed E-state index contributed by atoms with van der Waals surface area (Å²) >= 11 is 0. The van der Waals surface area contributed by atoms with E-state index in [0.717, 1.165) is 37.1 Å². The minimum absolute atomic E-state index is 0.0531. The molecular formula is C33H40N2O4. The zero-order chi connectivity index (χ0) is 27.6. The van der Waals surface area contributed by atoms with E-state index in [1.807, 2.05) is 23.1 Å². The van der Waals surface area contributed by atoms with E-state index in [9.17, 15) is 4.79 Å². The van der Waals surface area contributed by atoms with E-state index in [1.54, 1.807) is 33.5 Å². The number of ether oxygens (including phenoxy) is 3. The maximum absolute atomic E-state index is 14.0. The number of carbonyl (C=O) groups is 1. The molecule has 0 spiro atoms. The van der Waals surface area contributed by atoms with Gasteiger partial charge in [0.15, 0.2) is 11.5 Å². The van der Waals surface area contributed by atoms with Gasteiger partial charge in [0.1, 0.15) is 0 Å². The highest BCUT2D eigenvalue weighted by Crippen LogP contribution is 2.38. The molecule has 0 aliphatic carbocycles. The van der Waals surface area contributed by atoms with Crippen LogP contribution in [-0.4, -0.2) is 62.7 Å². The number of benzene rings is 3. The second-order valence-corrected chi connectivity index (χ2v) is 10.1. The second kappa shape index (κ2) is 13.9. The summed E-state index contributed by atoms with van der Waals surface area (Å²) in [4.78, 5) is 18.5. The molecule has 1 unspecified atom stereocenters. The van der Waals surface area contributed by atoms with Crippen LogP contribution >= 0.6 is 0 Å². The van der Waals surface area contributed by atoms with Crippen LogP contribution in [0.1, 0.15) is 47.7 Å². The molecule has 3 aromatic rings. The smallest absolute Gasteiger partial charge is 0.254 e. The number of rotatable bonds is 12. The van der Waals surface area contributed by atoms with Crippen molar-refractivity contribution < 1.29 is 19.0 Å². The Morgan fingerprint density at radius 2 is 1.59 bits per heavy atom. The summed E-state index contributed by atoms with van der Waals surface area (Å²) in [5, 5.41) is 0. The molecule has 0 radical (unpaired) electrons. The molecule has 0 bridgehead atoms. The van der Waals surface area contributed by atoms with E-state index >= 15 is 0 Å². The Bertz CT molecular complexity index is 1220. The van der Waals surface area contributed by atoms with E-state index in [1.165, 1.54) is 12.0 Å². The molecule has 206 valence electrons. The second-order valence-electron chi connectivity index (χ2n) is 10.1. The highest BCUT2D eigenvalue weighted by molar-refractivity contribution is 5.96. The van der Waals surface area contributed by atoms with E-state index in [4.69, 9.17) is 14.2 Å². The summed E-state index contributed by atoms with van der Waals surface area (Å²) in [6.45, 7) is 5.31. The predicted octanol–water partition coefficient (Wildman–Crippen LogP) is 6.31. The van der Waals surface area contributed by atoms with Crippen LogP contribution in [0.15, 0.2) is 78.4 Å². The summed E-state index contributed by atoms with van der Waals surface area (Å²) in [6, 6.07) is 24.8. The first-order valence-electron chi connectivity index (χ1n) is 13.6. The first kappa shape index (κ1) is 28.2. The fourth-order valence-electron chi connectivity index (χ4n) is 5.37. The van der Waals surface area contributed by atoms with Crippen LogP contribution in [0.25, 0.3) is 6.08 Å². The molecule has 6 nitrogen and oxygen atoms in total. The van der Waals surface area contributed by atoms with Gasteiger partial charge in [0.2, 0.25) is 5.75 Å². The number of methoxy groups -OCH3 is 3. The van der Waals surface area contributed by atoms with Crippen molar-refractivity contribution in [2.45, 2.75) is 38.8 Å². The number of hydrogen-bond acceptors (Lipinski definition) is 5. The molecule has 3 aromatic carbocycles. The van der Waals surface area contributed by atoms with Gasteiger partial charge in [-0.1, -0.05) is 72.3 Å². The summed E-state index contributed by atoms with van der Waals surface area (Å²) in [5.74, 6) is 1.37. The maximum atomic E-state index is 14.0. The van der Waals surface area contributed by atoms with Gasteiger partial charge >= 0.3 is 0 Å². The lowest BCUT2D eigenvalue weighted by Gasteiger charge is -2.29. The van der Waals surface area contributed by atoms with E-state index < -0.39 is 0 Å². The summed E-state index contributed by atoms with van der Waals surface area (Å²) in [5.41, 5.74) is 4.09. The third kappa shape index (κ3) is 7.42. The third-order valence-electron chi connectivity index (χ3n) is 7.31. The molecule has 1 amide bonds. The Labute approximate surface area is 232 Å². The van der Waals surface area contributed by atoms with Crippen molar-refractivity contribution in [2.75, 3.05) is 41.0 Å². The summed E-state index contributed by atoms with van der Waals surface area (Å²) in [6.07, 6.45) is 5.40. The molecule has 1 aliphatic heterocycles. The van der Waals surface area contributed by atoms with E-state index in [2.05, 4.69) is 60.4 Å². The van der Waals surface area contributed by atoms with Gasteiger partial charge in [0.25, 0.3) is 5.91 Å². The summed E-state index contributed by atoms with van der Waals surface area (Å²) in [7, 11) is 4.70. The first-order chi connectivity index (χ1) is 19.0. The van der Waals surface area contributed by atoms with Gasteiger partial charge in [-0.15, -0.1) is 0 Å². The lowest BCUT2D eigenvalue weighted by atomic mass is 10.1. The van der Waals surface area contributed by atoms with E-state index in [0.29, 0.717) is 41.9 Å². The fourth-order valence-corrected chi connectivity index (χ4v) is 5.37. The molecule has 0 aromatic heterocycles. The van der Waals surface area contributed by atoms with Crippen LogP contribution in [0.3, 0.4) is 0 Å². The van der Waals surface area contributed by atoms with Crippen molar-refractivity contribution in [3.05, 3.63) is 95.1 Å². The van der Waals surface area contributed by atoms with Gasteiger partial charge in [0.05, 0.1) is 21.3 Å². The largest absolute Gasteiger partial charge is 0.493 e. The highest BCUT2D eigenvalue weighted by Gasteiger charge is 2.27. The normalized spacial score (nSPS) is 15.7. The number of hydrogen-bond donors (Lipinski definition) is 0. The topological polar surface area (TPSA) is 51.2 Å². The quantitative estimate of drug-likeness (QED) is 0.276. The van der Waals surface area contributed by atoms with Crippen molar-refractivity contribution in [1.82, 2.24) is 9.80 Å². The first-order valence-corrected chi connectivity index (χ1v) is 13.6. The van der Waals surface area contributed by atoms with Crippen LogP contribution in [0.2, 0.25) is 0 Å². The van der Waals surface area contributed by atoms with Gasteiger partial charge in [-0.2, -0.15) is 0 Å². The molecule has 1 aliphatic rings. The fraction of sp³-hybridized carbons (Fsp3) is 0.364. The van der Waals surface area contributed by atoms with Gasteiger partial charge < -0.3 is 19.1 Å². The van der Waals surface area contributed by atoms with E-state index in [-0.39, 0.29) is 5.91 Å². The lowest BCUT2D eigenvalue weighted by molar-refractivity contribution is 0.0753. The van der Waals surface area contributed by atoms with Crippen LogP contribution in [0.4, 0.5) is 0 Å². The van der Waals surface area contributed by atoms with Gasteiger partial charge in [-0.25, -0.2) is 0 Å². The molecule has 1 atom stereocenters. The minimum atomic E-state index is -0.0531. The van der Waals surface area contributed by atoms with Gasteiger partial charge in [-0.05, 0) is 56.0 Å². The standard InChI is InChI=1S/C33H40N2O4/c1-25(20-26-12-7-5-8-13-26)23-35(33(36)28-21-30(37-2)32(39-4)31(22-28)38-3)19-17-29-16-11-18-34(29)24-27-14-9-6-10-15-27/h5-10,12-15,20-22,29H,11,16-19,23-24H2,1-4H3/b25-20+. The van der Waals surface area contributed by atoms with Crippen LogP contribution in [0.5, 0.6) is 17.2 Å². The van der Waals surface area contributed by atoms with Crippen LogP contribution < -0.4 is 14.2 Å². The Morgan fingerprint density at radius 1 is 0.949 bits per heavy atom. The number of amides is 1. The van der Waals surface area contributed by atoms with Crippen molar-refractivity contribution >= 4 is 12.0 Å². The monoisotopic (exact) mass is 528 g/mol. The van der Waals surface area contributed by atoms with Crippen molar-refractivity contribution in [1.29, 1.82) is 0 Å². The zero-order valence-electron chi connectivity index (χ0n) is 23.6. The van der Waals surface area contributed by atoms with Gasteiger partial charge in [-0.3, -0.25) is 9.69 Å². The molecule has 0 saturated carbocycles. The van der Waals surface area contributed by atoms with Crippen molar-refractivity contribution in [2.24, 2.45) is 0 Å². The maximum Gasteiger partial charge on any atom is 0.254 e. The molecule has 1 fully saturated rings. The zero-order valence-corrected chi connectivity index (χ0v) is 23.6. The summed E-state index contributed by atoms with van der Waals surface area (Å²) < 4.78 is 16.5. The average Bonchev–Trinajstić information content (AvgIpc) is 3.41. The van der Waals surface area contributed by atoms with Crippen LogP contribution in [0, 0.1) is 0 Å². The lowest BCUT2D eigenvalue weighted by Crippen LogP contribution is -2.37. The number of carbonyl (C=O) groups excluding carboxylic acids is 1. The highest BCUT2D eigenvalue weighted by atomic mass is 16.5. The Kier molecular flexibility index (Phi) is 10.0. The van der Waals surface area contributed by atoms with Crippen molar-refractivity contribution in [3.8, 4) is 17.2 Å². The molecule has 4 rings (SSSR count). The number of nitrogens with zero attached hydrogens (tertiary/aromatic N) is 2. The Morgan fingerprint density at radius 3 is 2.21 bits per heavy atom.